The number of phenolic OH excluding ortho intramolecular Hbond substituents is 1. The molecule has 2 rings (SSSR count). The average molecular weight is 245 g/mol. The van der Waals surface area contributed by atoms with Crippen LogP contribution in [-0.2, 0) is 6.54 Å². The summed E-state index contributed by atoms with van der Waals surface area (Å²) in [6, 6.07) is 4.99. The molecule has 0 bridgehead atoms. The number of aromatic amines is 1. The van der Waals surface area contributed by atoms with Crippen molar-refractivity contribution >= 4 is 5.91 Å². The minimum absolute atomic E-state index is 0.00430. The minimum Gasteiger partial charge on any atom is -0.507 e. The van der Waals surface area contributed by atoms with Crippen molar-refractivity contribution in [3.05, 3.63) is 47.3 Å². The molecule has 1 aromatic heterocycles. The number of benzene rings is 1. The Morgan fingerprint density at radius 3 is 2.94 bits per heavy atom. The lowest BCUT2D eigenvalue weighted by molar-refractivity contribution is 0.0782. The largest absolute Gasteiger partial charge is 0.507 e. The average Bonchev–Trinajstić information content (AvgIpc) is 2.84. The number of nitrogens with zero attached hydrogens (tertiary/aromatic N) is 2. The van der Waals surface area contributed by atoms with E-state index in [0.717, 1.165) is 11.1 Å². The Hall–Kier alpha value is -2.30. The first kappa shape index (κ1) is 12.2. The van der Waals surface area contributed by atoms with Gasteiger partial charge >= 0.3 is 0 Å². The molecule has 2 aromatic rings. The first-order valence-electron chi connectivity index (χ1n) is 5.60. The van der Waals surface area contributed by atoms with Crippen LogP contribution in [0.3, 0.4) is 0 Å². The Kier molecular flexibility index (Phi) is 3.32. The van der Waals surface area contributed by atoms with Crippen molar-refractivity contribution in [1.82, 2.24) is 15.1 Å². The van der Waals surface area contributed by atoms with Gasteiger partial charge in [-0.2, -0.15) is 5.10 Å². The van der Waals surface area contributed by atoms with Gasteiger partial charge in [-0.3, -0.25) is 9.89 Å². The Bertz CT molecular complexity index is 549. The van der Waals surface area contributed by atoms with Crippen molar-refractivity contribution in [1.29, 1.82) is 0 Å². The Morgan fingerprint density at radius 2 is 2.28 bits per heavy atom. The van der Waals surface area contributed by atoms with Gasteiger partial charge in [-0.15, -0.1) is 0 Å². The standard InChI is InChI=1S/C13H15N3O2/c1-9-3-4-12(17)11(5-9)13(18)16(2)8-10-6-14-15-7-10/h3-7,17H,8H2,1-2H3,(H,14,15). The number of aromatic hydroxyl groups is 1. The fourth-order valence-electron chi connectivity index (χ4n) is 1.74. The van der Waals surface area contributed by atoms with E-state index in [0.29, 0.717) is 12.1 Å². The molecular formula is C13H15N3O2. The highest BCUT2D eigenvalue weighted by Gasteiger charge is 2.16. The molecule has 0 aliphatic heterocycles. The Labute approximate surface area is 105 Å². The van der Waals surface area contributed by atoms with E-state index in [1.165, 1.54) is 6.07 Å². The quantitative estimate of drug-likeness (QED) is 0.864. The van der Waals surface area contributed by atoms with Gasteiger partial charge in [0.25, 0.3) is 5.91 Å². The maximum absolute atomic E-state index is 12.2. The molecule has 5 nitrogen and oxygen atoms in total. The van der Waals surface area contributed by atoms with Crippen molar-refractivity contribution in [2.24, 2.45) is 0 Å². The second kappa shape index (κ2) is 4.91. The first-order chi connectivity index (χ1) is 8.58. The molecule has 0 aliphatic carbocycles. The summed E-state index contributed by atoms with van der Waals surface area (Å²) in [6.45, 7) is 2.33. The normalized spacial score (nSPS) is 10.3. The summed E-state index contributed by atoms with van der Waals surface area (Å²) in [5.74, 6) is -0.206. The zero-order valence-corrected chi connectivity index (χ0v) is 10.3. The maximum atomic E-state index is 12.2. The van der Waals surface area contributed by atoms with Gasteiger partial charge in [-0.25, -0.2) is 0 Å². The second-order valence-electron chi connectivity index (χ2n) is 4.29. The molecule has 1 amide bonds. The van der Waals surface area contributed by atoms with Crippen LogP contribution in [-0.4, -0.2) is 33.2 Å². The molecule has 0 fully saturated rings. The molecule has 0 atom stereocenters. The van der Waals surface area contributed by atoms with Crippen molar-refractivity contribution < 1.29 is 9.90 Å². The lowest BCUT2D eigenvalue weighted by Gasteiger charge is -2.17. The van der Waals surface area contributed by atoms with E-state index < -0.39 is 0 Å². The van der Waals surface area contributed by atoms with Crippen LogP contribution in [0.15, 0.2) is 30.6 Å². The number of phenols is 1. The lowest BCUT2D eigenvalue weighted by Crippen LogP contribution is -2.26. The number of aryl methyl sites for hydroxylation is 1. The minimum atomic E-state index is -0.211. The molecule has 1 aromatic carbocycles. The van der Waals surface area contributed by atoms with Gasteiger partial charge in [-0.1, -0.05) is 11.6 Å². The number of amides is 1. The summed E-state index contributed by atoms with van der Waals surface area (Å²) in [5.41, 5.74) is 2.17. The smallest absolute Gasteiger partial charge is 0.257 e. The highest BCUT2D eigenvalue weighted by atomic mass is 16.3. The Balaban J connectivity index is 2.17. The van der Waals surface area contributed by atoms with Crippen LogP contribution in [0.4, 0.5) is 0 Å². The molecule has 0 aliphatic rings. The van der Waals surface area contributed by atoms with Crippen LogP contribution in [0, 0.1) is 6.92 Å². The molecule has 2 N–H and O–H groups in total. The van der Waals surface area contributed by atoms with Crippen LogP contribution >= 0.6 is 0 Å². The molecular weight excluding hydrogens is 230 g/mol. The molecule has 0 unspecified atom stereocenters. The number of hydrogen-bond donors (Lipinski definition) is 2. The molecule has 18 heavy (non-hydrogen) atoms. The number of hydrogen-bond acceptors (Lipinski definition) is 3. The summed E-state index contributed by atoms with van der Waals surface area (Å²) in [6.07, 6.45) is 3.40. The van der Waals surface area contributed by atoms with Crippen LogP contribution < -0.4 is 0 Å². The van der Waals surface area contributed by atoms with Gasteiger partial charge in [0.15, 0.2) is 0 Å². The SMILES string of the molecule is Cc1ccc(O)c(C(=O)N(C)Cc2cn[nH]c2)c1. The van der Waals surface area contributed by atoms with Crippen molar-refractivity contribution in [3.63, 3.8) is 0 Å². The fraction of sp³-hybridized carbons (Fsp3) is 0.231. The number of aromatic nitrogens is 2. The van der Waals surface area contributed by atoms with E-state index in [4.69, 9.17) is 0 Å². The van der Waals surface area contributed by atoms with E-state index in [1.807, 2.05) is 6.92 Å². The van der Waals surface area contributed by atoms with Crippen molar-refractivity contribution in [2.45, 2.75) is 13.5 Å². The number of rotatable bonds is 3. The van der Waals surface area contributed by atoms with E-state index in [-0.39, 0.29) is 11.7 Å². The summed E-state index contributed by atoms with van der Waals surface area (Å²) >= 11 is 0. The summed E-state index contributed by atoms with van der Waals surface area (Å²) in [5, 5.41) is 16.2. The topological polar surface area (TPSA) is 69.2 Å². The van der Waals surface area contributed by atoms with Gasteiger partial charge in [0.1, 0.15) is 5.75 Å². The third-order valence-electron chi connectivity index (χ3n) is 2.70. The van der Waals surface area contributed by atoms with E-state index in [1.54, 1.807) is 36.5 Å². The molecule has 5 heteroatoms. The summed E-state index contributed by atoms with van der Waals surface area (Å²) in [7, 11) is 1.69. The second-order valence-corrected chi connectivity index (χ2v) is 4.29. The maximum Gasteiger partial charge on any atom is 0.257 e. The monoisotopic (exact) mass is 245 g/mol. The van der Waals surface area contributed by atoms with Crippen molar-refractivity contribution in [2.75, 3.05) is 7.05 Å². The molecule has 94 valence electrons. The molecule has 0 saturated carbocycles. The van der Waals surface area contributed by atoms with Gasteiger partial charge < -0.3 is 10.0 Å². The van der Waals surface area contributed by atoms with Crippen LogP contribution in [0.2, 0.25) is 0 Å². The highest BCUT2D eigenvalue weighted by molar-refractivity contribution is 5.96. The van der Waals surface area contributed by atoms with E-state index >= 15 is 0 Å². The van der Waals surface area contributed by atoms with Gasteiger partial charge in [-0.05, 0) is 19.1 Å². The van der Waals surface area contributed by atoms with Gasteiger partial charge in [0.05, 0.1) is 11.8 Å². The fourth-order valence-corrected chi connectivity index (χ4v) is 1.74. The summed E-state index contributed by atoms with van der Waals surface area (Å²) in [4.78, 5) is 13.7. The first-order valence-corrected chi connectivity index (χ1v) is 5.60. The van der Waals surface area contributed by atoms with Gasteiger partial charge in [0.2, 0.25) is 0 Å². The number of H-pyrrole nitrogens is 1. The number of carbonyl (C=O) groups is 1. The van der Waals surface area contributed by atoms with Crippen LogP contribution in [0.5, 0.6) is 5.75 Å². The summed E-state index contributed by atoms with van der Waals surface area (Å²) < 4.78 is 0. The molecule has 1 heterocycles. The predicted molar refractivity (Wildman–Crippen MR) is 67.2 cm³/mol. The van der Waals surface area contributed by atoms with Crippen molar-refractivity contribution in [3.8, 4) is 5.75 Å². The third-order valence-corrected chi connectivity index (χ3v) is 2.70. The van der Waals surface area contributed by atoms with Crippen LogP contribution in [0.25, 0.3) is 0 Å². The molecule has 0 spiro atoms. The number of nitrogens with one attached hydrogen (secondary N) is 1. The van der Waals surface area contributed by atoms with E-state index in [2.05, 4.69) is 10.2 Å². The zero-order valence-electron chi connectivity index (χ0n) is 10.3. The predicted octanol–water partition coefficient (Wildman–Crippen LogP) is 1.70. The Morgan fingerprint density at radius 1 is 1.50 bits per heavy atom. The number of carbonyl (C=O) groups excluding carboxylic acids is 1. The van der Waals surface area contributed by atoms with Gasteiger partial charge in [0, 0.05) is 25.4 Å². The molecule has 0 radical (unpaired) electrons. The van der Waals surface area contributed by atoms with E-state index in [9.17, 15) is 9.90 Å². The zero-order chi connectivity index (χ0) is 13.1. The molecule has 0 saturated heterocycles. The highest BCUT2D eigenvalue weighted by Crippen LogP contribution is 2.20. The van der Waals surface area contributed by atoms with Crippen LogP contribution in [0.1, 0.15) is 21.5 Å². The third kappa shape index (κ3) is 2.51. The lowest BCUT2D eigenvalue weighted by atomic mass is 10.1.